The van der Waals surface area contributed by atoms with E-state index in [-0.39, 0.29) is 28.0 Å². The minimum absolute atomic E-state index is 0.0602. The number of likely N-dealkylation sites (tertiary alicyclic amines) is 1. The van der Waals surface area contributed by atoms with Crippen LogP contribution in [0.1, 0.15) is 49.4 Å². The van der Waals surface area contributed by atoms with Gasteiger partial charge in [-0.2, -0.15) is 4.31 Å². The Hall–Kier alpha value is -1.64. The van der Waals surface area contributed by atoms with Crippen molar-refractivity contribution in [3.8, 4) is 0 Å². The van der Waals surface area contributed by atoms with E-state index in [9.17, 15) is 18.0 Å². The molecule has 1 aromatic rings. The lowest BCUT2D eigenvalue weighted by Crippen LogP contribution is -2.40. The summed E-state index contributed by atoms with van der Waals surface area (Å²) in [6.07, 6.45) is 4.48. The summed E-state index contributed by atoms with van der Waals surface area (Å²) in [5.74, 6) is -0.383. The Bertz CT molecular complexity index is 860. The number of benzene rings is 1. The van der Waals surface area contributed by atoms with Crippen LogP contribution in [0.15, 0.2) is 23.1 Å². The van der Waals surface area contributed by atoms with Crippen molar-refractivity contribution in [1.29, 1.82) is 0 Å². The predicted octanol–water partition coefficient (Wildman–Crippen LogP) is 2.93. The standard InChI is InChI=1S/C20H27ClN2O5S/c1-15-7-11-22(12-8-15)19(24)14-28-20(25)16-5-6-17(21)18(13-16)29(26,27)23-9-3-2-4-10-23/h5-6,13,15H,2-4,7-12,14H2,1H3. The lowest BCUT2D eigenvalue weighted by atomic mass is 9.99. The summed E-state index contributed by atoms with van der Waals surface area (Å²) >= 11 is 6.13. The number of esters is 1. The molecule has 3 rings (SSSR count). The molecule has 0 spiro atoms. The van der Waals surface area contributed by atoms with E-state index in [0.717, 1.165) is 32.1 Å². The summed E-state index contributed by atoms with van der Waals surface area (Å²) in [7, 11) is -3.78. The van der Waals surface area contributed by atoms with Crippen molar-refractivity contribution < 1.29 is 22.7 Å². The van der Waals surface area contributed by atoms with Crippen molar-refractivity contribution in [2.45, 2.75) is 43.9 Å². The van der Waals surface area contributed by atoms with Gasteiger partial charge in [0.05, 0.1) is 10.6 Å². The summed E-state index contributed by atoms with van der Waals surface area (Å²) < 4.78 is 32.4. The Morgan fingerprint density at radius 2 is 1.76 bits per heavy atom. The quantitative estimate of drug-likeness (QED) is 0.654. The Morgan fingerprint density at radius 3 is 2.41 bits per heavy atom. The average Bonchev–Trinajstić information content (AvgIpc) is 2.73. The van der Waals surface area contributed by atoms with Crippen LogP contribution in [0.4, 0.5) is 0 Å². The number of sulfonamides is 1. The summed E-state index contributed by atoms with van der Waals surface area (Å²) in [5.41, 5.74) is 0.0602. The van der Waals surface area contributed by atoms with Gasteiger partial charge in [0.25, 0.3) is 5.91 Å². The van der Waals surface area contributed by atoms with Gasteiger partial charge in [0.1, 0.15) is 4.90 Å². The summed E-state index contributed by atoms with van der Waals surface area (Å²) in [4.78, 5) is 26.2. The molecule has 0 atom stereocenters. The SMILES string of the molecule is CC1CCN(C(=O)COC(=O)c2ccc(Cl)c(S(=O)(=O)N3CCCCC3)c2)CC1. The molecule has 0 saturated carbocycles. The smallest absolute Gasteiger partial charge is 0.338 e. The maximum Gasteiger partial charge on any atom is 0.338 e. The van der Waals surface area contributed by atoms with Gasteiger partial charge >= 0.3 is 5.97 Å². The molecule has 2 saturated heterocycles. The van der Waals surface area contributed by atoms with Crippen LogP contribution in [0.2, 0.25) is 5.02 Å². The van der Waals surface area contributed by atoms with E-state index in [1.807, 2.05) is 0 Å². The van der Waals surface area contributed by atoms with Gasteiger partial charge in [-0.3, -0.25) is 4.79 Å². The number of halogens is 1. The van der Waals surface area contributed by atoms with Crippen LogP contribution < -0.4 is 0 Å². The maximum absolute atomic E-state index is 12.9. The molecule has 1 aromatic carbocycles. The fourth-order valence-corrected chi connectivity index (χ4v) is 5.65. The van der Waals surface area contributed by atoms with Gasteiger partial charge in [-0.25, -0.2) is 13.2 Å². The largest absolute Gasteiger partial charge is 0.452 e. The summed E-state index contributed by atoms with van der Waals surface area (Å²) in [6, 6.07) is 4.03. The summed E-state index contributed by atoms with van der Waals surface area (Å²) in [5, 5.41) is 0.0608. The van der Waals surface area contributed by atoms with Crippen molar-refractivity contribution in [2.24, 2.45) is 5.92 Å². The van der Waals surface area contributed by atoms with Crippen LogP contribution in [0, 0.1) is 5.92 Å². The van der Waals surface area contributed by atoms with E-state index < -0.39 is 16.0 Å². The lowest BCUT2D eigenvalue weighted by molar-refractivity contribution is -0.135. The molecule has 0 radical (unpaired) electrons. The number of nitrogens with zero attached hydrogens (tertiary/aromatic N) is 2. The van der Waals surface area contributed by atoms with Crippen molar-refractivity contribution in [2.75, 3.05) is 32.8 Å². The molecule has 0 aliphatic carbocycles. The second kappa shape index (κ2) is 9.45. The van der Waals surface area contributed by atoms with E-state index >= 15 is 0 Å². The molecule has 0 N–H and O–H groups in total. The average molecular weight is 443 g/mol. The van der Waals surface area contributed by atoms with E-state index in [4.69, 9.17) is 16.3 Å². The van der Waals surface area contributed by atoms with Crippen LogP contribution >= 0.6 is 11.6 Å². The highest BCUT2D eigenvalue weighted by Crippen LogP contribution is 2.28. The number of hydrogen-bond acceptors (Lipinski definition) is 5. The molecule has 1 amide bonds. The molecule has 2 heterocycles. The number of piperidine rings is 2. The Kier molecular flexibility index (Phi) is 7.19. The van der Waals surface area contributed by atoms with Gasteiger partial charge in [0.15, 0.2) is 6.61 Å². The molecule has 0 aromatic heterocycles. The van der Waals surface area contributed by atoms with E-state index in [1.165, 1.54) is 22.5 Å². The van der Waals surface area contributed by atoms with Crippen molar-refractivity contribution >= 4 is 33.5 Å². The molecule has 9 heteroatoms. The topological polar surface area (TPSA) is 84.0 Å². The maximum atomic E-state index is 12.9. The summed E-state index contributed by atoms with van der Waals surface area (Å²) in [6.45, 7) is 4.00. The van der Waals surface area contributed by atoms with Crippen molar-refractivity contribution in [3.05, 3.63) is 28.8 Å². The molecular weight excluding hydrogens is 416 g/mol. The van der Waals surface area contributed by atoms with Crippen LogP contribution in [0.3, 0.4) is 0 Å². The first kappa shape index (κ1) is 22.1. The molecule has 2 aliphatic rings. The number of rotatable bonds is 5. The van der Waals surface area contributed by atoms with Gasteiger partial charge in [0.2, 0.25) is 10.0 Å². The molecule has 2 aliphatic heterocycles. The number of carbonyl (C=O) groups is 2. The van der Waals surface area contributed by atoms with Gasteiger partial charge in [-0.15, -0.1) is 0 Å². The minimum Gasteiger partial charge on any atom is -0.452 e. The Balaban J connectivity index is 1.67. The molecule has 0 unspecified atom stereocenters. The molecule has 160 valence electrons. The number of amides is 1. The zero-order chi connectivity index (χ0) is 21.0. The fraction of sp³-hybridized carbons (Fsp3) is 0.600. The first-order chi connectivity index (χ1) is 13.8. The monoisotopic (exact) mass is 442 g/mol. The second-order valence-electron chi connectivity index (χ2n) is 7.75. The Morgan fingerprint density at radius 1 is 1.10 bits per heavy atom. The number of hydrogen-bond donors (Lipinski definition) is 0. The third-order valence-corrected chi connectivity index (χ3v) is 7.94. The van der Waals surface area contributed by atoms with Crippen molar-refractivity contribution in [1.82, 2.24) is 9.21 Å². The highest BCUT2D eigenvalue weighted by atomic mass is 35.5. The van der Waals surface area contributed by atoms with Crippen LogP contribution in [0.5, 0.6) is 0 Å². The van der Waals surface area contributed by atoms with Gasteiger partial charge in [-0.1, -0.05) is 24.9 Å². The van der Waals surface area contributed by atoms with Gasteiger partial charge < -0.3 is 9.64 Å². The van der Waals surface area contributed by atoms with E-state index in [0.29, 0.717) is 32.1 Å². The first-order valence-electron chi connectivity index (χ1n) is 10.0. The zero-order valence-corrected chi connectivity index (χ0v) is 18.2. The lowest BCUT2D eigenvalue weighted by Gasteiger charge is -2.30. The zero-order valence-electron chi connectivity index (χ0n) is 16.6. The van der Waals surface area contributed by atoms with Crippen LogP contribution in [0.25, 0.3) is 0 Å². The molecule has 29 heavy (non-hydrogen) atoms. The van der Waals surface area contributed by atoms with Gasteiger partial charge in [-0.05, 0) is 49.8 Å². The van der Waals surface area contributed by atoms with Crippen LogP contribution in [-0.4, -0.2) is 62.3 Å². The fourth-order valence-electron chi connectivity index (χ4n) is 3.63. The number of ether oxygens (including phenoxy) is 1. The third kappa shape index (κ3) is 5.29. The number of carbonyl (C=O) groups excluding carboxylic acids is 2. The highest BCUT2D eigenvalue weighted by Gasteiger charge is 2.29. The first-order valence-corrected chi connectivity index (χ1v) is 11.9. The normalized spacial score (nSPS) is 19.2. The third-order valence-electron chi connectivity index (χ3n) is 5.56. The van der Waals surface area contributed by atoms with E-state index in [2.05, 4.69) is 6.92 Å². The minimum atomic E-state index is -3.78. The van der Waals surface area contributed by atoms with E-state index in [1.54, 1.807) is 4.90 Å². The molecule has 0 bridgehead atoms. The predicted molar refractivity (Wildman–Crippen MR) is 109 cm³/mol. The molecular formula is C20H27ClN2O5S. The highest BCUT2D eigenvalue weighted by molar-refractivity contribution is 7.89. The molecule has 2 fully saturated rings. The van der Waals surface area contributed by atoms with Crippen molar-refractivity contribution in [3.63, 3.8) is 0 Å². The van der Waals surface area contributed by atoms with Gasteiger partial charge in [0, 0.05) is 26.2 Å². The van der Waals surface area contributed by atoms with Crippen LogP contribution in [-0.2, 0) is 19.6 Å². The second-order valence-corrected chi connectivity index (χ2v) is 10.1. The molecule has 7 nitrogen and oxygen atoms in total. The Labute approximate surface area is 177 Å².